The SMILES string of the molecule is O=S(=O)(CCC1CCCN1)Nc1ccccc1O. The van der Waals surface area contributed by atoms with Crippen molar-refractivity contribution in [2.24, 2.45) is 0 Å². The molecule has 0 bridgehead atoms. The number of hydrogen-bond donors (Lipinski definition) is 3. The van der Waals surface area contributed by atoms with Crippen molar-refractivity contribution in [3.05, 3.63) is 24.3 Å². The number of nitrogens with one attached hydrogen (secondary N) is 2. The Bertz CT molecular complexity index is 496. The van der Waals surface area contributed by atoms with Crippen LogP contribution < -0.4 is 10.0 Å². The molecule has 3 N–H and O–H groups in total. The van der Waals surface area contributed by atoms with Gasteiger partial charge in [0.15, 0.2) is 0 Å². The van der Waals surface area contributed by atoms with Crippen molar-refractivity contribution in [1.82, 2.24) is 5.32 Å². The summed E-state index contributed by atoms with van der Waals surface area (Å²) in [5.74, 6) is 0.0130. The molecule has 1 aliphatic heterocycles. The Morgan fingerprint density at radius 1 is 1.39 bits per heavy atom. The molecule has 1 saturated heterocycles. The summed E-state index contributed by atoms with van der Waals surface area (Å²) in [5.41, 5.74) is 0.233. The second-order valence-corrected chi connectivity index (χ2v) is 6.36. The molecule has 1 aromatic rings. The van der Waals surface area contributed by atoms with Gasteiger partial charge in [0.1, 0.15) is 5.75 Å². The van der Waals surface area contributed by atoms with Crippen molar-refractivity contribution in [3.8, 4) is 5.75 Å². The van der Waals surface area contributed by atoms with Gasteiger partial charge in [-0.25, -0.2) is 8.42 Å². The Morgan fingerprint density at radius 2 is 2.17 bits per heavy atom. The van der Waals surface area contributed by atoms with Gasteiger partial charge in [0.25, 0.3) is 0 Å². The van der Waals surface area contributed by atoms with E-state index in [1.54, 1.807) is 18.2 Å². The molecule has 0 radical (unpaired) electrons. The first kappa shape index (κ1) is 13.2. The zero-order chi connectivity index (χ0) is 13.0. The lowest BCUT2D eigenvalue weighted by atomic mass is 10.2. The maximum atomic E-state index is 11.9. The summed E-state index contributed by atoms with van der Waals surface area (Å²) in [6, 6.07) is 6.62. The normalized spacial score (nSPS) is 19.9. The van der Waals surface area contributed by atoms with Crippen LogP contribution in [0.1, 0.15) is 19.3 Å². The van der Waals surface area contributed by atoms with Crippen LogP contribution in [0.5, 0.6) is 5.75 Å². The molecule has 1 unspecified atom stereocenters. The topological polar surface area (TPSA) is 78.4 Å². The molecule has 1 aromatic carbocycles. The molecule has 1 aliphatic rings. The Balaban J connectivity index is 1.92. The Labute approximate surface area is 107 Å². The van der Waals surface area contributed by atoms with E-state index in [2.05, 4.69) is 10.0 Å². The van der Waals surface area contributed by atoms with Crippen LogP contribution in [0, 0.1) is 0 Å². The number of hydrogen-bond acceptors (Lipinski definition) is 4. The number of anilines is 1. The highest BCUT2D eigenvalue weighted by Gasteiger charge is 2.19. The molecule has 6 heteroatoms. The predicted octanol–water partition coefficient (Wildman–Crippen LogP) is 1.28. The minimum Gasteiger partial charge on any atom is -0.506 e. The third-order valence-corrected chi connectivity index (χ3v) is 4.37. The Hall–Kier alpha value is -1.27. The maximum Gasteiger partial charge on any atom is 0.232 e. The molecule has 1 heterocycles. The van der Waals surface area contributed by atoms with Crippen LogP contribution in [-0.2, 0) is 10.0 Å². The number of phenolic OH excluding ortho intramolecular Hbond substituents is 1. The van der Waals surface area contributed by atoms with Gasteiger partial charge in [0, 0.05) is 6.04 Å². The highest BCUT2D eigenvalue weighted by atomic mass is 32.2. The van der Waals surface area contributed by atoms with Gasteiger partial charge in [-0.1, -0.05) is 12.1 Å². The molecule has 0 aromatic heterocycles. The van der Waals surface area contributed by atoms with Gasteiger partial charge in [-0.3, -0.25) is 4.72 Å². The van der Waals surface area contributed by atoms with E-state index in [0.29, 0.717) is 12.5 Å². The van der Waals surface area contributed by atoms with E-state index < -0.39 is 10.0 Å². The van der Waals surface area contributed by atoms with E-state index in [9.17, 15) is 13.5 Å². The summed E-state index contributed by atoms with van der Waals surface area (Å²) in [6.07, 6.45) is 2.74. The number of aromatic hydroxyl groups is 1. The first-order valence-corrected chi connectivity index (χ1v) is 7.74. The van der Waals surface area contributed by atoms with Crippen molar-refractivity contribution in [1.29, 1.82) is 0 Å². The van der Waals surface area contributed by atoms with Crippen LogP contribution in [0.3, 0.4) is 0 Å². The van der Waals surface area contributed by atoms with E-state index in [1.165, 1.54) is 6.07 Å². The second-order valence-electron chi connectivity index (χ2n) is 4.52. The van der Waals surface area contributed by atoms with Crippen molar-refractivity contribution in [2.45, 2.75) is 25.3 Å². The van der Waals surface area contributed by atoms with Gasteiger partial charge in [0.05, 0.1) is 11.4 Å². The molecule has 5 nitrogen and oxygen atoms in total. The van der Waals surface area contributed by atoms with Gasteiger partial charge in [-0.05, 0) is 37.9 Å². The van der Waals surface area contributed by atoms with Crippen LogP contribution >= 0.6 is 0 Å². The summed E-state index contributed by atoms with van der Waals surface area (Å²) in [6.45, 7) is 0.970. The molecule has 1 atom stereocenters. The van der Waals surface area contributed by atoms with Crippen LogP contribution in [0.15, 0.2) is 24.3 Å². The van der Waals surface area contributed by atoms with E-state index in [0.717, 1.165) is 19.4 Å². The summed E-state index contributed by atoms with van der Waals surface area (Å²) in [4.78, 5) is 0. The lowest BCUT2D eigenvalue weighted by Crippen LogP contribution is -2.26. The zero-order valence-corrected chi connectivity index (χ0v) is 10.9. The Morgan fingerprint density at radius 3 is 2.83 bits per heavy atom. The third-order valence-electron chi connectivity index (χ3n) is 3.07. The zero-order valence-electron chi connectivity index (χ0n) is 10.1. The van der Waals surface area contributed by atoms with Gasteiger partial charge in [0.2, 0.25) is 10.0 Å². The van der Waals surface area contributed by atoms with Gasteiger partial charge in [-0.15, -0.1) is 0 Å². The fraction of sp³-hybridized carbons (Fsp3) is 0.500. The number of para-hydroxylation sites is 2. The number of sulfonamides is 1. The smallest absolute Gasteiger partial charge is 0.232 e. The van der Waals surface area contributed by atoms with Gasteiger partial charge in [-0.2, -0.15) is 0 Å². The minimum atomic E-state index is -3.39. The number of rotatable bonds is 5. The van der Waals surface area contributed by atoms with Gasteiger partial charge < -0.3 is 10.4 Å². The van der Waals surface area contributed by atoms with Crippen molar-refractivity contribution in [2.75, 3.05) is 17.0 Å². The van der Waals surface area contributed by atoms with Gasteiger partial charge >= 0.3 is 0 Å². The van der Waals surface area contributed by atoms with Crippen LogP contribution in [0.2, 0.25) is 0 Å². The summed E-state index contributed by atoms with van der Waals surface area (Å²) in [5, 5.41) is 12.8. The molecule has 0 amide bonds. The van der Waals surface area contributed by atoms with Crippen molar-refractivity contribution in [3.63, 3.8) is 0 Å². The highest BCUT2D eigenvalue weighted by Crippen LogP contribution is 2.23. The van der Waals surface area contributed by atoms with Crippen molar-refractivity contribution >= 4 is 15.7 Å². The monoisotopic (exact) mass is 270 g/mol. The predicted molar refractivity (Wildman–Crippen MR) is 71.2 cm³/mol. The fourth-order valence-corrected chi connectivity index (χ4v) is 3.28. The first-order valence-electron chi connectivity index (χ1n) is 6.09. The standard InChI is InChI=1S/C12H18N2O3S/c15-12-6-2-1-5-11(12)14-18(16,17)9-7-10-4-3-8-13-10/h1-2,5-6,10,13-15H,3-4,7-9H2. The maximum absolute atomic E-state index is 11.9. The summed E-state index contributed by atoms with van der Waals surface area (Å²) in [7, 11) is -3.39. The molecule has 2 rings (SSSR count). The number of phenols is 1. The molecule has 0 saturated carbocycles. The van der Waals surface area contributed by atoms with Crippen LogP contribution in [0.25, 0.3) is 0 Å². The lowest BCUT2D eigenvalue weighted by Gasteiger charge is -2.12. The second kappa shape index (κ2) is 5.58. The third kappa shape index (κ3) is 3.61. The highest BCUT2D eigenvalue weighted by molar-refractivity contribution is 7.92. The molecule has 100 valence electrons. The van der Waals surface area contributed by atoms with Crippen LogP contribution in [-0.4, -0.2) is 31.9 Å². The van der Waals surface area contributed by atoms with Crippen LogP contribution in [0.4, 0.5) is 5.69 Å². The number of benzene rings is 1. The molecule has 0 spiro atoms. The van der Waals surface area contributed by atoms with E-state index in [-0.39, 0.29) is 17.2 Å². The molecule has 1 fully saturated rings. The molecule has 18 heavy (non-hydrogen) atoms. The molecular weight excluding hydrogens is 252 g/mol. The van der Waals surface area contributed by atoms with E-state index in [1.807, 2.05) is 0 Å². The summed E-state index contributed by atoms with van der Waals surface area (Å²) >= 11 is 0. The fourth-order valence-electron chi connectivity index (χ4n) is 2.08. The minimum absolute atomic E-state index is 0.0555. The van der Waals surface area contributed by atoms with Crippen molar-refractivity contribution < 1.29 is 13.5 Å². The van der Waals surface area contributed by atoms with E-state index >= 15 is 0 Å². The quantitative estimate of drug-likeness (QED) is 0.704. The largest absolute Gasteiger partial charge is 0.506 e. The average Bonchev–Trinajstić information content (AvgIpc) is 2.83. The Kier molecular flexibility index (Phi) is 4.08. The average molecular weight is 270 g/mol. The molecular formula is C12H18N2O3S. The summed E-state index contributed by atoms with van der Waals surface area (Å²) < 4.78 is 26.1. The first-order chi connectivity index (χ1) is 8.57. The molecule has 0 aliphatic carbocycles. The lowest BCUT2D eigenvalue weighted by molar-refractivity contribution is 0.477. The van der Waals surface area contributed by atoms with E-state index in [4.69, 9.17) is 0 Å².